The molecule has 1 saturated heterocycles. The Labute approximate surface area is 117 Å². The van der Waals surface area contributed by atoms with Crippen LogP contribution in [0.25, 0.3) is 0 Å². The maximum atomic E-state index is 11.9. The van der Waals surface area contributed by atoms with Gasteiger partial charge in [0, 0.05) is 6.54 Å². The largest absolute Gasteiger partial charge is 0.486 e. The minimum Gasteiger partial charge on any atom is -0.486 e. The number of carbonyl (C=O) groups is 1. The third-order valence-corrected chi connectivity index (χ3v) is 3.31. The van der Waals surface area contributed by atoms with Crippen LogP contribution in [0.2, 0.25) is 0 Å². The highest BCUT2D eigenvalue weighted by molar-refractivity contribution is 5.82. The zero-order valence-corrected chi connectivity index (χ0v) is 11.1. The van der Waals surface area contributed by atoms with Gasteiger partial charge in [0.1, 0.15) is 18.8 Å². The van der Waals surface area contributed by atoms with E-state index in [0.717, 1.165) is 11.5 Å². The first kappa shape index (κ1) is 13.2. The van der Waals surface area contributed by atoms with Crippen molar-refractivity contribution in [1.29, 1.82) is 0 Å². The third kappa shape index (κ3) is 3.02. The molecule has 2 heterocycles. The number of hydrogen-bond donors (Lipinski definition) is 2. The molecule has 0 saturated carbocycles. The summed E-state index contributed by atoms with van der Waals surface area (Å²) in [6, 6.07) is 7.25. The van der Waals surface area contributed by atoms with Gasteiger partial charge in [-0.05, 0) is 12.1 Å². The van der Waals surface area contributed by atoms with Gasteiger partial charge in [-0.15, -0.1) is 0 Å². The second-order valence-electron chi connectivity index (χ2n) is 4.82. The minimum absolute atomic E-state index is 0.0628. The van der Waals surface area contributed by atoms with Crippen molar-refractivity contribution in [1.82, 2.24) is 10.6 Å². The van der Waals surface area contributed by atoms with Gasteiger partial charge in [0.25, 0.3) is 0 Å². The molecule has 0 aromatic heterocycles. The summed E-state index contributed by atoms with van der Waals surface area (Å²) in [6.45, 7) is 2.63. The number of ether oxygens (including phenoxy) is 3. The molecule has 0 radical (unpaired) electrons. The molecule has 108 valence electrons. The highest BCUT2D eigenvalue weighted by Crippen LogP contribution is 2.30. The van der Waals surface area contributed by atoms with Gasteiger partial charge in [-0.3, -0.25) is 4.79 Å². The Morgan fingerprint density at radius 3 is 2.95 bits per heavy atom. The molecule has 2 aliphatic heterocycles. The number of carbonyl (C=O) groups excluding carboxylic acids is 1. The SMILES string of the molecule is O=C(NCC1COc2ccccc2O1)C1COCCN1. The second kappa shape index (κ2) is 6.11. The highest BCUT2D eigenvalue weighted by atomic mass is 16.6. The van der Waals surface area contributed by atoms with Crippen LogP contribution in [0.5, 0.6) is 11.5 Å². The molecular formula is C14H18N2O4. The van der Waals surface area contributed by atoms with Crippen LogP contribution in [0.1, 0.15) is 0 Å². The van der Waals surface area contributed by atoms with Crippen molar-refractivity contribution in [2.24, 2.45) is 0 Å². The third-order valence-electron chi connectivity index (χ3n) is 3.31. The number of nitrogens with one attached hydrogen (secondary N) is 2. The number of benzene rings is 1. The quantitative estimate of drug-likeness (QED) is 0.810. The van der Waals surface area contributed by atoms with Crippen molar-refractivity contribution in [3.63, 3.8) is 0 Å². The lowest BCUT2D eigenvalue weighted by Gasteiger charge is -2.28. The van der Waals surface area contributed by atoms with Crippen LogP contribution in [0.15, 0.2) is 24.3 Å². The molecule has 2 N–H and O–H groups in total. The van der Waals surface area contributed by atoms with E-state index in [1.807, 2.05) is 24.3 Å². The molecule has 0 bridgehead atoms. The number of para-hydroxylation sites is 2. The van der Waals surface area contributed by atoms with Crippen molar-refractivity contribution in [3.05, 3.63) is 24.3 Å². The minimum atomic E-state index is -0.277. The van der Waals surface area contributed by atoms with Crippen LogP contribution >= 0.6 is 0 Å². The fourth-order valence-corrected chi connectivity index (χ4v) is 2.24. The van der Waals surface area contributed by atoms with E-state index in [0.29, 0.717) is 32.9 Å². The Morgan fingerprint density at radius 1 is 1.30 bits per heavy atom. The van der Waals surface area contributed by atoms with Crippen LogP contribution in [-0.2, 0) is 9.53 Å². The standard InChI is InChI=1S/C14H18N2O4/c17-14(11-9-18-6-5-15-11)16-7-10-8-19-12-3-1-2-4-13(12)20-10/h1-4,10-11,15H,5-9H2,(H,16,17). The van der Waals surface area contributed by atoms with E-state index in [1.165, 1.54) is 0 Å². The second-order valence-corrected chi connectivity index (χ2v) is 4.82. The molecule has 1 aromatic carbocycles. The smallest absolute Gasteiger partial charge is 0.239 e. The summed E-state index contributed by atoms with van der Waals surface area (Å²) in [4.78, 5) is 11.9. The van der Waals surface area contributed by atoms with Gasteiger partial charge in [-0.2, -0.15) is 0 Å². The Bertz CT molecular complexity index is 474. The van der Waals surface area contributed by atoms with E-state index in [1.54, 1.807) is 0 Å². The van der Waals surface area contributed by atoms with Crippen molar-refractivity contribution in [2.75, 3.05) is 32.9 Å². The molecule has 6 heteroatoms. The molecule has 2 aliphatic rings. The van der Waals surface area contributed by atoms with Crippen LogP contribution in [-0.4, -0.2) is 51.0 Å². The molecule has 1 fully saturated rings. The molecule has 2 unspecified atom stereocenters. The molecule has 6 nitrogen and oxygen atoms in total. The molecule has 2 atom stereocenters. The lowest BCUT2D eigenvalue weighted by molar-refractivity contribution is -0.126. The Morgan fingerprint density at radius 2 is 2.15 bits per heavy atom. The summed E-state index contributed by atoms with van der Waals surface area (Å²) in [5.41, 5.74) is 0. The van der Waals surface area contributed by atoms with E-state index in [4.69, 9.17) is 14.2 Å². The molecule has 3 rings (SSSR count). The van der Waals surface area contributed by atoms with Crippen LogP contribution in [0.4, 0.5) is 0 Å². The monoisotopic (exact) mass is 278 g/mol. The van der Waals surface area contributed by atoms with Crippen LogP contribution < -0.4 is 20.1 Å². The van der Waals surface area contributed by atoms with Gasteiger partial charge in [0.15, 0.2) is 11.5 Å². The van der Waals surface area contributed by atoms with Gasteiger partial charge in [-0.25, -0.2) is 0 Å². The maximum Gasteiger partial charge on any atom is 0.239 e. The first-order valence-electron chi connectivity index (χ1n) is 6.80. The van der Waals surface area contributed by atoms with Gasteiger partial charge in [-0.1, -0.05) is 12.1 Å². The highest BCUT2D eigenvalue weighted by Gasteiger charge is 2.24. The number of morpholine rings is 1. The zero-order chi connectivity index (χ0) is 13.8. The predicted octanol–water partition coefficient (Wildman–Crippen LogP) is -0.0690. The number of rotatable bonds is 3. The van der Waals surface area contributed by atoms with Crippen molar-refractivity contribution < 1.29 is 19.0 Å². The van der Waals surface area contributed by atoms with Crippen molar-refractivity contribution in [3.8, 4) is 11.5 Å². The van der Waals surface area contributed by atoms with Gasteiger partial charge >= 0.3 is 0 Å². The lowest BCUT2D eigenvalue weighted by atomic mass is 10.2. The van der Waals surface area contributed by atoms with Crippen LogP contribution in [0.3, 0.4) is 0 Å². The van der Waals surface area contributed by atoms with Crippen LogP contribution in [0, 0.1) is 0 Å². The number of fused-ring (bicyclic) bond motifs is 1. The topological polar surface area (TPSA) is 68.8 Å². The fourth-order valence-electron chi connectivity index (χ4n) is 2.24. The molecule has 1 aromatic rings. The molecule has 0 aliphatic carbocycles. The molecule has 20 heavy (non-hydrogen) atoms. The average Bonchev–Trinajstić information content (AvgIpc) is 2.53. The molecular weight excluding hydrogens is 260 g/mol. The van der Waals surface area contributed by atoms with Gasteiger partial charge in [0.2, 0.25) is 5.91 Å². The van der Waals surface area contributed by atoms with Gasteiger partial charge in [0.05, 0.1) is 19.8 Å². The summed E-state index contributed by atoms with van der Waals surface area (Å²) < 4.78 is 16.6. The Balaban J connectivity index is 1.49. The Hall–Kier alpha value is -1.79. The average molecular weight is 278 g/mol. The molecule has 0 spiro atoms. The first-order chi connectivity index (χ1) is 9.83. The van der Waals surface area contributed by atoms with Crippen molar-refractivity contribution in [2.45, 2.75) is 12.1 Å². The fraction of sp³-hybridized carbons (Fsp3) is 0.500. The Kier molecular flexibility index (Phi) is 4.03. The summed E-state index contributed by atoms with van der Waals surface area (Å²) in [5, 5.41) is 5.98. The van der Waals surface area contributed by atoms with E-state index in [9.17, 15) is 4.79 Å². The summed E-state index contributed by atoms with van der Waals surface area (Å²) in [5.74, 6) is 1.40. The van der Waals surface area contributed by atoms with Crippen molar-refractivity contribution >= 4 is 5.91 Å². The summed E-state index contributed by atoms with van der Waals surface area (Å²) in [6.07, 6.45) is -0.168. The molecule has 1 amide bonds. The maximum absolute atomic E-state index is 11.9. The van der Waals surface area contributed by atoms with Gasteiger partial charge < -0.3 is 24.8 Å². The van der Waals surface area contributed by atoms with E-state index in [-0.39, 0.29) is 18.1 Å². The number of hydrogen-bond acceptors (Lipinski definition) is 5. The summed E-state index contributed by atoms with van der Waals surface area (Å²) in [7, 11) is 0. The van der Waals surface area contributed by atoms with E-state index >= 15 is 0 Å². The van der Waals surface area contributed by atoms with E-state index < -0.39 is 0 Å². The first-order valence-corrected chi connectivity index (χ1v) is 6.80. The normalized spacial score (nSPS) is 25.0. The summed E-state index contributed by atoms with van der Waals surface area (Å²) >= 11 is 0. The van der Waals surface area contributed by atoms with E-state index in [2.05, 4.69) is 10.6 Å². The lowest BCUT2D eigenvalue weighted by Crippen LogP contribution is -2.53. The zero-order valence-electron chi connectivity index (χ0n) is 11.1. The number of amides is 1. The predicted molar refractivity (Wildman–Crippen MR) is 72.0 cm³/mol.